The van der Waals surface area contributed by atoms with E-state index in [9.17, 15) is 4.79 Å². The van der Waals surface area contributed by atoms with Crippen molar-refractivity contribution in [3.63, 3.8) is 0 Å². The van der Waals surface area contributed by atoms with Gasteiger partial charge in [0.2, 0.25) is 5.91 Å². The van der Waals surface area contributed by atoms with Crippen LogP contribution in [0.15, 0.2) is 35.4 Å². The molecule has 1 aromatic carbocycles. The van der Waals surface area contributed by atoms with E-state index in [1.807, 2.05) is 25.1 Å². The Morgan fingerprint density at radius 1 is 1.29 bits per heavy atom. The van der Waals surface area contributed by atoms with E-state index in [-0.39, 0.29) is 5.91 Å². The molecule has 1 rings (SSSR count). The van der Waals surface area contributed by atoms with Gasteiger partial charge in [-0.05, 0) is 18.9 Å². The van der Waals surface area contributed by atoms with Crippen LogP contribution in [-0.2, 0) is 11.2 Å². The first-order valence-electron chi connectivity index (χ1n) is 6.08. The van der Waals surface area contributed by atoms with E-state index in [1.54, 1.807) is 0 Å². The Morgan fingerprint density at radius 3 is 2.65 bits per heavy atom. The van der Waals surface area contributed by atoms with Crippen LogP contribution >= 0.6 is 0 Å². The second kappa shape index (κ2) is 7.60. The third kappa shape index (κ3) is 5.85. The molecule has 0 atom stereocenters. The zero-order valence-electron chi connectivity index (χ0n) is 10.6. The molecule has 0 unspecified atom stereocenters. The van der Waals surface area contributed by atoms with Gasteiger partial charge in [0.1, 0.15) is 0 Å². The van der Waals surface area contributed by atoms with E-state index in [0.29, 0.717) is 6.42 Å². The number of carbonyl (C=O) groups excluding carboxylic acids is 1. The molecule has 0 heterocycles. The number of rotatable bonds is 6. The quantitative estimate of drug-likeness (QED) is 0.594. The molecular formula is C14H20N2O. The highest BCUT2D eigenvalue weighted by atomic mass is 16.2. The number of nitrogens with one attached hydrogen (secondary N) is 1. The van der Waals surface area contributed by atoms with Crippen LogP contribution in [0.25, 0.3) is 0 Å². The first-order valence-corrected chi connectivity index (χ1v) is 6.08. The SMILES string of the molecule is CCCCC(=O)NN=C(C)Cc1ccccc1. The number of amides is 1. The van der Waals surface area contributed by atoms with Crippen LogP contribution in [-0.4, -0.2) is 11.6 Å². The van der Waals surface area contributed by atoms with Gasteiger partial charge in [-0.2, -0.15) is 5.10 Å². The fraction of sp³-hybridized carbons (Fsp3) is 0.429. The molecule has 0 bridgehead atoms. The predicted octanol–water partition coefficient (Wildman–Crippen LogP) is 2.91. The number of hydrogen-bond donors (Lipinski definition) is 1. The average molecular weight is 232 g/mol. The van der Waals surface area contributed by atoms with Crippen molar-refractivity contribution in [2.45, 2.75) is 39.5 Å². The second-order valence-corrected chi connectivity index (χ2v) is 4.15. The van der Waals surface area contributed by atoms with Gasteiger partial charge < -0.3 is 0 Å². The molecule has 1 aromatic rings. The lowest BCUT2D eigenvalue weighted by molar-refractivity contribution is -0.121. The van der Waals surface area contributed by atoms with Crippen LogP contribution in [0.3, 0.4) is 0 Å². The molecule has 3 nitrogen and oxygen atoms in total. The molecule has 0 saturated heterocycles. The monoisotopic (exact) mass is 232 g/mol. The fourth-order valence-corrected chi connectivity index (χ4v) is 1.48. The van der Waals surface area contributed by atoms with Crippen molar-refractivity contribution in [2.24, 2.45) is 5.10 Å². The molecule has 0 aliphatic carbocycles. The summed E-state index contributed by atoms with van der Waals surface area (Å²) in [5.41, 5.74) is 4.71. The fourth-order valence-electron chi connectivity index (χ4n) is 1.48. The van der Waals surface area contributed by atoms with Gasteiger partial charge in [0.05, 0.1) is 0 Å². The summed E-state index contributed by atoms with van der Waals surface area (Å²) >= 11 is 0. The van der Waals surface area contributed by atoms with E-state index in [4.69, 9.17) is 0 Å². The number of carbonyl (C=O) groups is 1. The highest BCUT2D eigenvalue weighted by molar-refractivity contribution is 5.86. The molecule has 0 spiro atoms. The highest BCUT2D eigenvalue weighted by Crippen LogP contribution is 2.00. The molecule has 3 heteroatoms. The van der Waals surface area contributed by atoms with Crippen molar-refractivity contribution in [3.8, 4) is 0 Å². The van der Waals surface area contributed by atoms with Gasteiger partial charge in [-0.15, -0.1) is 0 Å². The van der Waals surface area contributed by atoms with Crippen molar-refractivity contribution in [3.05, 3.63) is 35.9 Å². The Balaban J connectivity index is 2.37. The number of benzene rings is 1. The number of unbranched alkanes of at least 4 members (excludes halogenated alkanes) is 1. The topological polar surface area (TPSA) is 41.5 Å². The Kier molecular flexibility index (Phi) is 6.00. The lowest BCUT2D eigenvalue weighted by Gasteiger charge is -2.02. The highest BCUT2D eigenvalue weighted by Gasteiger charge is 1.99. The maximum absolute atomic E-state index is 11.3. The number of hydrazone groups is 1. The summed E-state index contributed by atoms with van der Waals surface area (Å²) in [7, 11) is 0. The maximum atomic E-state index is 11.3. The summed E-state index contributed by atoms with van der Waals surface area (Å²) in [6, 6.07) is 10.1. The first kappa shape index (κ1) is 13.4. The van der Waals surface area contributed by atoms with Crippen LogP contribution < -0.4 is 5.43 Å². The van der Waals surface area contributed by atoms with Gasteiger partial charge in [0.25, 0.3) is 0 Å². The lowest BCUT2D eigenvalue weighted by Crippen LogP contribution is -2.19. The van der Waals surface area contributed by atoms with E-state index >= 15 is 0 Å². The van der Waals surface area contributed by atoms with Crippen LogP contribution in [0, 0.1) is 0 Å². The normalized spacial score (nSPS) is 11.3. The molecule has 92 valence electrons. The van der Waals surface area contributed by atoms with E-state index in [2.05, 4.69) is 29.6 Å². The number of nitrogens with zero attached hydrogens (tertiary/aromatic N) is 1. The summed E-state index contributed by atoms with van der Waals surface area (Å²) in [5.74, 6) is -0.000684. The van der Waals surface area contributed by atoms with E-state index in [1.165, 1.54) is 5.56 Å². The third-order valence-electron chi connectivity index (χ3n) is 2.43. The Labute approximate surface area is 103 Å². The largest absolute Gasteiger partial charge is 0.273 e. The van der Waals surface area contributed by atoms with Crippen LogP contribution in [0.1, 0.15) is 38.7 Å². The molecule has 1 N–H and O–H groups in total. The maximum Gasteiger partial charge on any atom is 0.240 e. The Bertz CT molecular complexity index is 371. The lowest BCUT2D eigenvalue weighted by atomic mass is 10.1. The summed E-state index contributed by atoms with van der Waals surface area (Å²) in [5, 5.41) is 4.09. The molecular weight excluding hydrogens is 212 g/mol. The Morgan fingerprint density at radius 2 is 2.00 bits per heavy atom. The number of hydrogen-bond acceptors (Lipinski definition) is 2. The standard InChI is InChI=1S/C14H20N2O/c1-3-4-10-14(17)16-15-12(2)11-13-8-6-5-7-9-13/h5-9H,3-4,10-11H2,1-2H3,(H,16,17). The van der Waals surface area contributed by atoms with Crippen molar-refractivity contribution in [1.82, 2.24) is 5.43 Å². The minimum Gasteiger partial charge on any atom is -0.273 e. The van der Waals surface area contributed by atoms with Gasteiger partial charge in [-0.3, -0.25) is 4.79 Å². The molecule has 0 radical (unpaired) electrons. The van der Waals surface area contributed by atoms with Gasteiger partial charge in [-0.25, -0.2) is 5.43 Å². The molecule has 0 aliphatic heterocycles. The van der Waals surface area contributed by atoms with Gasteiger partial charge in [-0.1, -0.05) is 43.7 Å². The minimum atomic E-state index is -0.000684. The zero-order chi connectivity index (χ0) is 12.5. The minimum absolute atomic E-state index is 0.000684. The van der Waals surface area contributed by atoms with E-state index in [0.717, 1.165) is 25.0 Å². The van der Waals surface area contributed by atoms with Crippen molar-refractivity contribution < 1.29 is 4.79 Å². The summed E-state index contributed by atoms with van der Waals surface area (Å²) in [4.78, 5) is 11.3. The van der Waals surface area contributed by atoms with E-state index < -0.39 is 0 Å². The van der Waals surface area contributed by atoms with Crippen molar-refractivity contribution in [1.29, 1.82) is 0 Å². The van der Waals surface area contributed by atoms with Crippen LogP contribution in [0.2, 0.25) is 0 Å². The summed E-state index contributed by atoms with van der Waals surface area (Å²) in [6.07, 6.45) is 3.27. The summed E-state index contributed by atoms with van der Waals surface area (Å²) < 4.78 is 0. The third-order valence-corrected chi connectivity index (χ3v) is 2.43. The zero-order valence-corrected chi connectivity index (χ0v) is 10.6. The molecule has 1 amide bonds. The molecule has 0 saturated carbocycles. The molecule has 17 heavy (non-hydrogen) atoms. The predicted molar refractivity (Wildman–Crippen MR) is 70.9 cm³/mol. The molecule has 0 aliphatic rings. The summed E-state index contributed by atoms with van der Waals surface area (Å²) in [6.45, 7) is 3.99. The van der Waals surface area contributed by atoms with Crippen molar-refractivity contribution in [2.75, 3.05) is 0 Å². The van der Waals surface area contributed by atoms with Crippen LogP contribution in [0.5, 0.6) is 0 Å². The molecule has 0 fully saturated rings. The van der Waals surface area contributed by atoms with Gasteiger partial charge >= 0.3 is 0 Å². The molecule has 0 aromatic heterocycles. The Hall–Kier alpha value is -1.64. The first-order chi connectivity index (χ1) is 8.22. The van der Waals surface area contributed by atoms with Gasteiger partial charge in [0.15, 0.2) is 0 Å². The average Bonchev–Trinajstić information content (AvgIpc) is 2.35. The second-order valence-electron chi connectivity index (χ2n) is 4.15. The van der Waals surface area contributed by atoms with Crippen LogP contribution in [0.4, 0.5) is 0 Å². The van der Waals surface area contributed by atoms with Gasteiger partial charge in [0, 0.05) is 18.6 Å². The van der Waals surface area contributed by atoms with Crippen molar-refractivity contribution >= 4 is 11.6 Å². The smallest absolute Gasteiger partial charge is 0.240 e.